The van der Waals surface area contributed by atoms with E-state index in [9.17, 15) is 14.4 Å². The summed E-state index contributed by atoms with van der Waals surface area (Å²) >= 11 is 0. The molecule has 1 aliphatic heterocycles. The van der Waals surface area contributed by atoms with Crippen molar-refractivity contribution in [1.29, 1.82) is 0 Å². The van der Waals surface area contributed by atoms with Crippen molar-refractivity contribution in [2.24, 2.45) is 5.92 Å². The fourth-order valence-corrected chi connectivity index (χ4v) is 3.38. The van der Waals surface area contributed by atoms with Gasteiger partial charge in [0.15, 0.2) is 0 Å². The third-order valence-electron chi connectivity index (χ3n) is 5.18. The van der Waals surface area contributed by atoms with Crippen LogP contribution in [-0.2, 0) is 16.1 Å². The Bertz CT molecular complexity index is 907. The quantitative estimate of drug-likeness (QED) is 0.736. The SMILES string of the molecule is COc1ccc(CNC(=O)c2ccc(NC(=O)C3CC(=O)N(C(C)C)C3)cc2)cc1. The smallest absolute Gasteiger partial charge is 0.251 e. The number of carbonyl (C=O) groups excluding carboxylic acids is 3. The molecule has 0 spiro atoms. The van der Waals surface area contributed by atoms with Gasteiger partial charge < -0.3 is 20.3 Å². The van der Waals surface area contributed by atoms with E-state index in [1.807, 2.05) is 38.1 Å². The van der Waals surface area contributed by atoms with E-state index in [-0.39, 0.29) is 36.1 Å². The first-order valence-electron chi connectivity index (χ1n) is 9.99. The molecule has 1 aliphatic rings. The van der Waals surface area contributed by atoms with E-state index in [0.717, 1.165) is 11.3 Å². The summed E-state index contributed by atoms with van der Waals surface area (Å²) in [6, 6.07) is 14.3. The van der Waals surface area contributed by atoms with Crippen LogP contribution >= 0.6 is 0 Å². The summed E-state index contributed by atoms with van der Waals surface area (Å²) in [6.45, 7) is 4.73. The maximum Gasteiger partial charge on any atom is 0.251 e. The Labute approximate surface area is 176 Å². The molecule has 7 heteroatoms. The lowest BCUT2D eigenvalue weighted by molar-refractivity contribution is -0.129. The van der Waals surface area contributed by atoms with Crippen molar-refractivity contribution in [3.05, 3.63) is 59.7 Å². The van der Waals surface area contributed by atoms with Crippen LogP contribution in [0.25, 0.3) is 0 Å². The van der Waals surface area contributed by atoms with E-state index in [1.54, 1.807) is 36.3 Å². The minimum Gasteiger partial charge on any atom is -0.497 e. The molecule has 0 aliphatic carbocycles. The monoisotopic (exact) mass is 409 g/mol. The van der Waals surface area contributed by atoms with Crippen molar-refractivity contribution in [3.8, 4) is 5.75 Å². The van der Waals surface area contributed by atoms with Gasteiger partial charge in [-0.25, -0.2) is 0 Å². The second-order valence-corrected chi connectivity index (χ2v) is 7.64. The fraction of sp³-hybridized carbons (Fsp3) is 0.348. The van der Waals surface area contributed by atoms with Gasteiger partial charge in [0.25, 0.3) is 5.91 Å². The Morgan fingerprint density at radius 2 is 1.77 bits per heavy atom. The topological polar surface area (TPSA) is 87.7 Å². The highest BCUT2D eigenvalue weighted by Crippen LogP contribution is 2.22. The van der Waals surface area contributed by atoms with Crippen molar-refractivity contribution in [2.45, 2.75) is 32.9 Å². The molecule has 158 valence electrons. The average Bonchev–Trinajstić information content (AvgIpc) is 3.15. The van der Waals surface area contributed by atoms with Crippen molar-refractivity contribution in [1.82, 2.24) is 10.2 Å². The van der Waals surface area contributed by atoms with Crippen LogP contribution in [0.4, 0.5) is 5.69 Å². The molecule has 3 amide bonds. The van der Waals surface area contributed by atoms with E-state index >= 15 is 0 Å². The number of methoxy groups -OCH3 is 1. The van der Waals surface area contributed by atoms with Crippen LogP contribution in [-0.4, -0.2) is 42.3 Å². The van der Waals surface area contributed by atoms with Crippen molar-refractivity contribution in [2.75, 3.05) is 19.0 Å². The van der Waals surface area contributed by atoms with Crippen LogP contribution in [0.3, 0.4) is 0 Å². The minimum atomic E-state index is -0.354. The molecule has 0 radical (unpaired) electrons. The maximum atomic E-state index is 12.5. The highest BCUT2D eigenvalue weighted by Gasteiger charge is 2.35. The molecule has 30 heavy (non-hydrogen) atoms. The second-order valence-electron chi connectivity index (χ2n) is 7.64. The van der Waals surface area contributed by atoms with Crippen LogP contribution < -0.4 is 15.4 Å². The van der Waals surface area contributed by atoms with Crippen molar-refractivity contribution in [3.63, 3.8) is 0 Å². The number of ether oxygens (including phenoxy) is 1. The lowest BCUT2D eigenvalue weighted by atomic mass is 10.1. The molecule has 1 fully saturated rings. The number of likely N-dealkylation sites (tertiary alicyclic amines) is 1. The summed E-state index contributed by atoms with van der Waals surface area (Å²) in [5.41, 5.74) is 2.07. The van der Waals surface area contributed by atoms with Gasteiger partial charge in [-0.1, -0.05) is 12.1 Å². The Morgan fingerprint density at radius 1 is 1.10 bits per heavy atom. The number of amides is 3. The minimum absolute atomic E-state index is 0.00836. The Kier molecular flexibility index (Phi) is 6.72. The number of anilines is 1. The molecular weight excluding hydrogens is 382 g/mol. The molecule has 1 saturated heterocycles. The average molecular weight is 409 g/mol. The van der Waals surface area contributed by atoms with Crippen LogP contribution in [0.1, 0.15) is 36.2 Å². The zero-order chi connectivity index (χ0) is 21.7. The Morgan fingerprint density at radius 3 is 2.33 bits per heavy atom. The van der Waals surface area contributed by atoms with Gasteiger partial charge in [0.2, 0.25) is 11.8 Å². The molecule has 7 nitrogen and oxygen atoms in total. The summed E-state index contributed by atoms with van der Waals surface area (Å²) in [4.78, 5) is 38.5. The molecule has 0 aromatic heterocycles. The van der Waals surface area contributed by atoms with Gasteiger partial charge in [-0.15, -0.1) is 0 Å². The van der Waals surface area contributed by atoms with Gasteiger partial charge in [-0.2, -0.15) is 0 Å². The summed E-state index contributed by atoms with van der Waals surface area (Å²) < 4.78 is 5.12. The number of hydrogen-bond acceptors (Lipinski definition) is 4. The fourth-order valence-electron chi connectivity index (χ4n) is 3.38. The molecule has 1 heterocycles. The molecule has 2 aromatic carbocycles. The molecule has 1 unspecified atom stereocenters. The first kappa shape index (κ1) is 21.4. The van der Waals surface area contributed by atoms with Crippen LogP contribution in [0.5, 0.6) is 5.75 Å². The van der Waals surface area contributed by atoms with Gasteiger partial charge in [-0.05, 0) is 55.8 Å². The maximum absolute atomic E-state index is 12.5. The predicted octanol–water partition coefficient (Wildman–Crippen LogP) is 2.82. The largest absolute Gasteiger partial charge is 0.497 e. The summed E-state index contributed by atoms with van der Waals surface area (Å²) in [5, 5.41) is 5.71. The zero-order valence-electron chi connectivity index (χ0n) is 17.5. The first-order chi connectivity index (χ1) is 14.4. The number of nitrogens with zero attached hydrogens (tertiary/aromatic N) is 1. The lowest BCUT2D eigenvalue weighted by Gasteiger charge is -2.20. The van der Waals surface area contributed by atoms with Gasteiger partial charge >= 0.3 is 0 Å². The van der Waals surface area contributed by atoms with E-state index < -0.39 is 0 Å². The Hall–Kier alpha value is -3.35. The third kappa shape index (κ3) is 5.17. The van der Waals surface area contributed by atoms with Crippen LogP contribution in [0, 0.1) is 5.92 Å². The molecule has 2 aromatic rings. The van der Waals surface area contributed by atoms with Crippen molar-refractivity contribution < 1.29 is 19.1 Å². The first-order valence-corrected chi connectivity index (χ1v) is 9.99. The van der Waals surface area contributed by atoms with Gasteiger partial charge in [0, 0.05) is 36.8 Å². The number of carbonyl (C=O) groups is 3. The molecule has 3 rings (SSSR count). The highest BCUT2D eigenvalue weighted by molar-refractivity contribution is 5.98. The molecule has 0 bridgehead atoms. The molecule has 0 saturated carbocycles. The predicted molar refractivity (Wildman–Crippen MR) is 114 cm³/mol. The number of benzene rings is 2. The molecule has 1 atom stereocenters. The second kappa shape index (κ2) is 9.43. The number of rotatable bonds is 7. The van der Waals surface area contributed by atoms with Gasteiger partial charge in [0.05, 0.1) is 13.0 Å². The summed E-state index contributed by atoms with van der Waals surface area (Å²) in [5.74, 6) is 0.0452. The number of hydrogen-bond donors (Lipinski definition) is 2. The molecule has 2 N–H and O–H groups in total. The zero-order valence-corrected chi connectivity index (χ0v) is 17.5. The van der Waals surface area contributed by atoms with Gasteiger partial charge in [-0.3, -0.25) is 14.4 Å². The summed E-state index contributed by atoms with van der Waals surface area (Å²) in [6.07, 6.45) is 0.232. The van der Waals surface area contributed by atoms with Gasteiger partial charge in [0.1, 0.15) is 5.75 Å². The van der Waals surface area contributed by atoms with E-state index in [4.69, 9.17) is 4.74 Å². The Balaban J connectivity index is 1.52. The normalized spacial score (nSPS) is 15.9. The lowest BCUT2D eigenvalue weighted by Crippen LogP contribution is -2.33. The van der Waals surface area contributed by atoms with E-state index in [0.29, 0.717) is 24.3 Å². The standard InChI is InChI=1S/C23H27N3O4/c1-15(2)26-14-18(12-21(26)27)23(29)25-19-8-6-17(7-9-19)22(28)24-13-16-4-10-20(30-3)11-5-16/h4-11,15,18H,12-14H2,1-3H3,(H,24,28)(H,25,29). The van der Waals surface area contributed by atoms with Crippen molar-refractivity contribution >= 4 is 23.4 Å². The van der Waals surface area contributed by atoms with Crippen LogP contribution in [0.15, 0.2) is 48.5 Å². The van der Waals surface area contributed by atoms with Crippen LogP contribution in [0.2, 0.25) is 0 Å². The van der Waals surface area contributed by atoms with E-state index in [2.05, 4.69) is 10.6 Å². The van der Waals surface area contributed by atoms with E-state index in [1.165, 1.54) is 0 Å². The highest BCUT2D eigenvalue weighted by atomic mass is 16.5. The number of nitrogens with one attached hydrogen (secondary N) is 2. The third-order valence-corrected chi connectivity index (χ3v) is 5.18. The molecular formula is C23H27N3O4. The summed E-state index contributed by atoms with van der Waals surface area (Å²) in [7, 11) is 1.61.